The number of amides is 1. The summed E-state index contributed by atoms with van der Waals surface area (Å²) in [5.41, 5.74) is 1.10. The number of aromatic nitrogens is 2. The second-order valence-electron chi connectivity index (χ2n) is 3.10. The van der Waals surface area contributed by atoms with E-state index in [-0.39, 0.29) is 5.91 Å². The van der Waals surface area contributed by atoms with Gasteiger partial charge in [-0.05, 0) is 18.2 Å². The monoisotopic (exact) mass is 299 g/mol. The molecule has 1 aromatic heterocycles. The highest BCUT2D eigenvalue weighted by molar-refractivity contribution is 9.10. The Labute approximate surface area is 105 Å². The molecular formula is C10H7BrClN3O. The number of H-pyrrole nitrogens is 1. The van der Waals surface area contributed by atoms with Gasteiger partial charge >= 0.3 is 0 Å². The smallest absolute Gasteiger partial charge is 0.255 e. The van der Waals surface area contributed by atoms with Crippen LogP contribution < -0.4 is 5.32 Å². The molecule has 4 nitrogen and oxygen atoms in total. The summed E-state index contributed by atoms with van der Waals surface area (Å²) >= 11 is 9.12. The molecule has 0 fully saturated rings. The summed E-state index contributed by atoms with van der Waals surface area (Å²) in [5, 5.41) is 9.52. The van der Waals surface area contributed by atoms with Gasteiger partial charge in [-0.2, -0.15) is 5.10 Å². The third-order valence-corrected chi connectivity index (χ3v) is 2.56. The third-order valence-electron chi connectivity index (χ3n) is 1.88. The molecule has 16 heavy (non-hydrogen) atoms. The van der Waals surface area contributed by atoms with Crippen molar-refractivity contribution >= 4 is 39.1 Å². The first-order valence-corrected chi connectivity index (χ1v) is 5.58. The molecule has 2 aromatic rings. The molecule has 0 radical (unpaired) electrons. The molecule has 0 saturated heterocycles. The standard InChI is InChI=1S/C10H7BrClN3O/c11-7-1-6(2-8(12)3-7)10(16)15-9-4-13-14-5-9/h1-5H,(H,13,14)(H,15,16). The van der Waals surface area contributed by atoms with Crippen molar-refractivity contribution in [3.63, 3.8) is 0 Å². The van der Waals surface area contributed by atoms with Gasteiger partial charge in [0.25, 0.3) is 5.91 Å². The van der Waals surface area contributed by atoms with Crippen molar-refractivity contribution in [2.75, 3.05) is 5.32 Å². The second-order valence-corrected chi connectivity index (χ2v) is 4.45. The number of aromatic amines is 1. The first-order chi connectivity index (χ1) is 7.65. The van der Waals surface area contributed by atoms with Crippen molar-refractivity contribution in [1.29, 1.82) is 0 Å². The summed E-state index contributed by atoms with van der Waals surface area (Å²) in [6, 6.07) is 5.01. The lowest BCUT2D eigenvalue weighted by atomic mass is 10.2. The van der Waals surface area contributed by atoms with Crippen LogP contribution in [0.4, 0.5) is 5.69 Å². The van der Waals surface area contributed by atoms with E-state index in [1.807, 2.05) is 0 Å². The van der Waals surface area contributed by atoms with Crippen LogP contribution in [0.15, 0.2) is 35.1 Å². The van der Waals surface area contributed by atoms with Crippen LogP contribution in [0.2, 0.25) is 5.02 Å². The van der Waals surface area contributed by atoms with Crippen molar-refractivity contribution in [2.24, 2.45) is 0 Å². The molecule has 1 heterocycles. The molecular weight excluding hydrogens is 293 g/mol. The molecule has 6 heteroatoms. The molecule has 0 spiro atoms. The van der Waals surface area contributed by atoms with Crippen LogP contribution in [-0.4, -0.2) is 16.1 Å². The largest absolute Gasteiger partial charge is 0.319 e. The Bertz CT molecular complexity index is 493. The van der Waals surface area contributed by atoms with Crippen molar-refractivity contribution in [1.82, 2.24) is 10.2 Å². The van der Waals surface area contributed by atoms with E-state index in [1.54, 1.807) is 24.4 Å². The van der Waals surface area contributed by atoms with E-state index in [4.69, 9.17) is 11.6 Å². The summed E-state index contributed by atoms with van der Waals surface area (Å²) in [7, 11) is 0. The number of carbonyl (C=O) groups excluding carboxylic acids is 1. The van der Waals surface area contributed by atoms with Crippen molar-refractivity contribution in [3.05, 3.63) is 45.7 Å². The lowest BCUT2D eigenvalue weighted by Crippen LogP contribution is -2.11. The third kappa shape index (κ3) is 2.62. The van der Waals surface area contributed by atoms with Gasteiger partial charge in [0.15, 0.2) is 0 Å². The lowest BCUT2D eigenvalue weighted by molar-refractivity contribution is 0.102. The van der Waals surface area contributed by atoms with Crippen LogP contribution in [0.25, 0.3) is 0 Å². The zero-order valence-corrected chi connectivity index (χ0v) is 10.3. The van der Waals surface area contributed by atoms with Crippen LogP contribution in [0, 0.1) is 0 Å². The van der Waals surface area contributed by atoms with Crippen LogP contribution >= 0.6 is 27.5 Å². The van der Waals surface area contributed by atoms with Crippen molar-refractivity contribution in [2.45, 2.75) is 0 Å². The number of nitrogens with one attached hydrogen (secondary N) is 2. The first kappa shape index (κ1) is 11.2. The fourth-order valence-corrected chi connectivity index (χ4v) is 2.07. The van der Waals surface area contributed by atoms with Crippen LogP contribution in [0.1, 0.15) is 10.4 Å². The maximum atomic E-state index is 11.8. The molecule has 1 aromatic carbocycles. The molecule has 0 unspecified atom stereocenters. The number of nitrogens with zero attached hydrogens (tertiary/aromatic N) is 1. The molecule has 0 aliphatic heterocycles. The zero-order valence-electron chi connectivity index (χ0n) is 8.00. The van der Waals surface area contributed by atoms with Gasteiger partial charge in [-0.1, -0.05) is 27.5 Å². The number of halogens is 2. The van der Waals surface area contributed by atoms with Gasteiger partial charge < -0.3 is 5.32 Å². The minimum absolute atomic E-state index is 0.232. The number of hydrogen-bond donors (Lipinski definition) is 2. The summed E-state index contributed by atoms with van der Waals surface area (Å²) in [4.78, 5) is 11.8. The molecule has 2 rings (SSSR count). The average Bonchev–Trinajstić information content (AvgIpc) is 2.68. The quantitative estimate of drug-likeness (QED) is 0.895. The first-order valence-electron chi connectivity index (χ1n) is 4.41. The molecule has 2 N–H and O–H groups in total. The molecule has 0 aliphatic carbocycles. The summed E-state index contributed by atoms with van der Waals surface area (Å²) < 4.78 is 0.761. The number of rotatable bonds is 2. The molecule has 82 valence electrons. The van der Waals surface area contributed by atoms with Gasteiger partial charge in [-0.15, -0.1) is 0 Å². The Hall–Kier alpha value is -1.33. The highest BCUT2D eigenvalue weighted by atomic mass is 79.9. The zero-order chi connectivity index (χ0) is 11.5. The van der Waals surface area contributed by atoms with Gasteiger partial charge in [0.2, 0.25) is 0 Å². The second kappa shape index (κ2) is 4.67. The van der Waals surface area contributed by atoms with E-state index < -0.39 is 0 Å². The Morgan fingerprint density at radius 3 is 2.88 bits per heavy atom. The Morgan fingerprint density at radius 2 is 2.25 bits per heavy atom. The van der Waals surface area contributed by atoms with Gasteiger partial charge in [-0.25, -0.2) is 0 Å². The topological polar surface area (TPSA) is 57.8 Å². The number of anilines is 1. The van der Waals surface area contributed by atoms with E-state index in [0.717, 1.165) is 4.47 Å². The van der Waals surface area contributed by atoms with Crippen LogP contribution in [0.5, 0.6) is 0 Å². The number of hydrogen-bond acceptors (Lipinski definition) is 2. The minimum Gasteiger partial charge on any atom is -0.319 e. The summed E-state index contributed by atoms with van der Waals surface area (Å²) in [6.07, 6.45) is 3.12. The van der Waals surface area contributed by atoms with Gasteiger partial charge in [0.05, 0.1) is 11.9 Å². The molecule has 0 saturated carbocycles. The fraction of sp³-hybridized carbons (Fsp3) is 0. The maximum absolute atomic E-state index is 11.8. The molecule has 0 atom stereocenters. The van der Waals surface area contributed by atoms with E-state index >= 15 is 0 Å². The van der Waals surface area contributed by atoms with E-state index in [0.29, 0.717) is 16.3 Å². The van der Waals surface area contributed by atoms with Gasteiger partial charge in [0, 0.05) is 21.3 Å². The molecule has 0 aliphatic rings. The van der Waals surface area contributed by atoms with Crippen LogP contribution in [-0.2, 0) is 0 Å². The fourth-order valence-electron chi connectivity index (χ4n) is 1.21. The highest BCUT2D eigenvalue weighted by Gasteiger charge is 2.08. The lowest BCUT2D eigenvalue weighted by Gasteiger charge is -2.03. The van der Waals surface area contributed by atoms with Gasteiger partial charge in [-0.3, -0.25) is 9.89 Å². The summed E-state index contributed by atoms with van der Waals surface area (Å²) in [6.45, 7) is 0. The Balaban J connectivity index is 2.21. The predicted molar refractivity (Wildman–Crippen MR) is 65.7 cm³/mol. The highest BCUT2D eigenvalue weighted by Crippen LogP contribution is 2.20. The average molecular weight is 301 g/mol. The maximum Gasteiger partial charge on any atom is 0.255 e. The molecule has 0 bridgehead atoms. The Morgan fingerprint density at radius 1 is 1.44 bits per heavy atom. The minimum atomic E-state index is -0.232. The normalized spacial score (nSPS) is 10.1. The number of carbonyl (C=O) groups is 1. The van der Waals surface area contributed by atoms with Crippen molar-refractivity contribution in [3.8, 4) is 0 Å². The summed E-state index contributed by atoms with van der Waals surface area (Å²) in [5.74, 6) is -0.232. The van der Waals surface area contributed by atoms with Crippen LogP contribution in [0.3, 0.4) is 0 Å². The van der Waals surface area contributed by atoms with E-state index in [2.05, 4.69) is 31.4 Å². The SMILES string of the molecule is O=C(Nc1cn[nH]c1)c1cc(Cl)cc(Br)c1. The molecule has 1 amide bonds. The Kier molecular flexibility index (Phi) is 3.26. The van der Waals surface area contributed by atoms with Gasteiger partial charge in [0.1, 0.15) is 0 Å². The van der Waals surface area contributed by atoms with E-state index in [1.165, 1.54) is 6.20 Å². The number of benzene rings is 1. The predicted octanol–water partition coefficient (Wildman–Crippen LogP) is 3.08. The van der Waals surface area contributed by atoms with Crippen molar-refractivity contribution < 1.29 is 4.79 Å². The van der Waals surface area contributed by atoms with E-state index in [9.17, 15) is 4.79 Å².